The molecule has 3 rings (SSSR count). The Bertz CT molecular complexity index is 632. The molecule has 0 spiro atoms. The summed E-state index contributed by atoms with van der Waals surface area (Å²) in [6, 6.07) is 17.9. The van der Waals surface area contributed by atoms with Crippen molar-refractivity contribution in [1.82, 2.24) is 4.90 Å². The Kier molecular flexibility index (Phi) is 5.09. The lowest BCUT2D eigenvalue weighted by Crippen LogP contribution is -2.37. The molecule has 2 N–H and O–H groups in total. The van der Waals surface area contributed by atoms with Crippen LogP contribution in [0.2, 0.25) is 0 Å². The van der Waals surface area contributed by atoms with Crippen LogP contribution < -0.4 is 5.73 Å². The minimum absolute atomic E-state index is 0.115. The first-order valence-electron chi connectivity index (χ1n) is 8.38. The summed E-state index contributed by atoms with van der Waals surface area (Å²) in [6.07, 6.45) is 3.78. The maximum Gasteiger partial charge on any atom is 0.254 e. The molecule has 2 aromatic rings. The van der Waals surface area contributed by atoms with E-state index in [2.05, 4.69) is 12.1 Å². The van der Waals surface area contributed by atoms with Gasteiger partial charge in [0.1, 0.15) is 0 Å². The zero-order valence-corrected chi connectivity index (χ0v) is 13.4. The molecule has 0 radical (unpaired) electrons. The summed E-state index contributed by atoms with van der Waals surface area (Å²) >= 11 is 0. The van der Waals surface area contributed by atoms with Gasteiger partial charge in [-0.3, -0.25) is 4.79 Å². The standard InChI is InChI=1S/C20H24N2O/c21-13-16-9-11-19(12-10-16)20(23)22(15-18-7-4-8-18)14-17-5-2-1-3-6-17/h1-3,5-6,9-12,18H,4,7-8,13-15,21H2. The van der Waals surface area contributed by atoms with E-state index < -0.39 is 0 Å². The summed E-state index contributed by atoms with van der Waals surface area (Å²) in [4.78, 5) is 14.9. The smallest absolute Gasteiger partial charge is 0.254 e. The molecule has 0 atom stereocenters. The molecule has 120 valence electrons. The van der Waals surface area contributed by atoms with E-state index in [-0.39, 0.29) is 5.91 Å². The van der Waals surface area contributed by atoms with Crippen LogP contribution in [0.15, 0.2) is 54.6 Å². The molecule has 1 aliphatic carbocycles. The maximum absolute atomic E-state index is 12.9. The first-order valence-corrected chi connectivity index (χ1v) is 8.38. The Morgan fingerprint density at radius 1 is 1.00 bits per heavy atom. The van der Waals surface area contributed by atoms with Crippen LogP contribution in [-0.4, -0.2) is 17.4 Å². The molecule has 1 amide bonds. The van der Waals surface area contributed by atoms with Crippen molar-refractivity contribution in [3.8, 4) is 0 Å². The summed E-state index contributed by atoms with van der Waals surface area (Å²) < 4.78 is 0. The van der Waals surface area contributed by atoms with Crippen LogP contribution in [0, 0.1) is 5.92 Å². The van der Waals surface area contributed by atoms with Crippen LogP contribution in [-0.2, 0) is 13.1 Å². The largest absolute Gasteiger partial charge is 0.334 e. The van der Waals surface area contributed by atoms with E-state index >= 15 is 0 Å². The van der Waals surface area contributed by atoms with Gasteiger partial charge in [-0.1, -0.05) is 48.9 Å². The van der Waals surface area contributed by atoms with Crippen molar-refractivity contribution in [3.63, 3.8) is 0 Å². The number of hydrogen-bond donors (Lipinski definition) is 1. The van der Waals surface area contributed by atoms with Gasteiger partial charge in [-0.2, -0.15) is 0 Å². The molecule has 0 unspecified atom stereocenters. The van der Waals surface area contributed by atoms with Gasteiger partial charge >= 0.3 is 0 Å². The minimum atomic E-state index is 0.115. The van der Waals surface area contributed by atoms with E-state index in [1.54, 1.807) is 0 Å². The van der Waals surface area contributed by atoms with Crippen LogP contribution in [0.3, 0.4) is 0 Å². The Balaban J connectivity index is 1.76. The van der Waals surface area contributed by atoms with Gasteiger partial charge in [-0.15, -0.1) is 0 Å². The number of benzene rings is 2. The highest BCUT2D eigenvalue weighted by atomic mass is 16.2. The van der Waals surface area contributed by atoms with E-state index in [1.165, 1.54) is 24.8 Å². The van der Waals surface area contributed by atoms with Gasteiger partial charge in [-0.25, -0.2) is 0 Å². The number of hydrogen-bond acceptors (Lipinski definition) is 2. The first kappa shape index (κ1) is 15.8. The van der Waals surface area contributed by atoms with Gasteiger partial charge in [0.15, 0.2) is 0 Å². The molecule has 0 aliphatic heterocycles. The maximum atomic E-state index is 12.9. The first-order chi connectivity index (χ1) is 11.3. The molecular weight excluding hydrogens is 284 g/mol. The predicted molar refractivity (Wildman–Crippen MR) is 92.9 cm³/mol. The molecule has 23 heavy (non-hydrogen) atoms. The summed E-state index contributed by atoms with van der Waals surface area (Å²) in [5.41, 5.74) is 8.61. The molecule has 3 nitrogen and oxygen atoms in total. The molecule has 2 aromatic carbocycles. The molecule has 1 fully saturated rings. The lowest BCUT2D eigenvalue weighted by atomic mass is 9.85. The van der Waals surface area contributed by atoms with Crippen LogP contribution >= 0.6 is 0 Å². The molecule has 0 saturated heterocycles. The molecule has 1 aliphatic rings. The Morgan fingerprint density at radius 3 is 2.26 bits per heavy atom. The topological polar surface area (TPSA) is 46.3 Å². The van der Waals surface area contributed by atoms with Crippen LogP contribution in [0.1, 0.15) is 40.7 Å². The van der Waals surface area contributed by atoms with Gasteiger partial charge in [-0.05, 0) is 42.0 Å². The molecule has 0 heterocycles. The highest BCUT2D eigenvalue weighted by Crippen LogP contribution is 2.28. The number of amides is 1. The zero-order chi connectivity index (χ0) is 16.1. The van der Waals surface area contributed by atoms with Crippen molar-refractivity contribution in [3.05, 3.63) is 71.3 Å². The van der Waals surface area contributed by atoms with Crippen LogP contribution in [0.5, 0.6) is 0 Å². The van der Waals surface area contributed by atoms with E-state index in [0.717, 1.165) is 17.7 Å². The van der Waals surface area contributed by atoms with Gasteiger partial charge in [0, 0.05) is 25.2 Å². The lowest BCUT2D eigenvalue weighted by molar-refractivity contribution is 0.0679. The minimum Gasteiger partial charge on any atom is -0.334 e. The molecule has 0 aromatic heterocycles. The predicted octanol–water partition coefficient (Wildman–Crippen LogP) is 3.59. The second-order valence-electron chi connectivity index (χ2n) is 6.37. The van der Waals surface area contributed by atoms with Gasteiger partial charge in [0.05, 0.1) is 0 Å². The second-order valence-corrected chi connectivity index (χ2v) is 6.37. The van der Waals surface area contributed by atoms with E-state index in [1.807, 2.05) is 47.4 Å². The summed E-state index contributed by atoms with van der Waals surface area (Å²) in [7, 11) is 0. The quantitative estimate of drug-likeness (QED) is 0.886. The lowest BCUT2D eigenvalue weighted by Gasteiger charge is -2.32. The average molecular weight is 308 g/mol. The second kappa shape index (κ2) is 7.42. The summed E-state index contributed by atoms with van der Waals surface area (Å²) in [5, 5.41) is 0. The van der Waals surface area contributed by atoms with E-state index in [9.17, 15) is 4.79 Å². The molecule has 0 bridgehead atoms. The van der Waals surface area contributed by atoms with Crippen molar-refractivity contribution < 1.29 is 4.79 Å². The number of nitrogens with zero attached hydrogens (tertiary/aromatic N) is 1. The molecule has 1 saturated carbocycles. The normalized spacial score (nSPS) is 14.3. The van der Waals surface area contributed by atoms with Gasteiger partial charge in [0.25, 0.3) is 5.91 Å². The summed E-state index contributed by atoms with van der Waals surface area (Å²) in [6.45, 7) is 2.03. The number of carbonyl (C=O) groups excluding carboxylic acids is 1. The fourth-order valence-corrected chi connectivity index (χ4v) is 2.98. The van der Waals surface area contributed by atoms with Crippen molar-refractivity contribution in [2.24, 2.45) is 11.7 Å². The third kappa shape index (κ3) is 3.99. The van der Waals surface area contributed by atoms with Gasteiger partial charge < -0.3 is 10.6 Å². The average Bonchev–Trinajstić information content (AvgIpc) is 2.57. The van der Waals surface area contributed by atoms with E-state index in [0.29, 0.717) is 19.0 Å². The third-order valence-electron chi connectivity index (χ3n) is 4.64. The number of rotatable bonds is 6. The SMILES string of the molecule is NCc1ccc(C(=O)N(Cc2ccccc2)CC2CCC2)cc1. The van der Waals surface area contributed by atoms with Crippen molar-refractivity contribution >= 4 is 5.91 Å². The highest BCUT2D eigenvalue weighted by Gasteiger charge is 2.24. The Labute approximate surface area is 138 Å². The fourth-order valence-electron chi connectivity index (χ4n) is 2.98. The van der Waals surface area contributed by atoms with Crippen molar-refractivity contribution in [2.75, 3.05) is 6.54 Å². The molecule has 3 heteroatoms. The van der Waals surface area contributed by atoms with Crippen molar-refractivity contribution in [1.29, 1.82) is 0 Å². The van der Waals surface area contributed by atoms with Crippen LogP contribution in [0.4, 0.5) is 0 Å². The fraction of sp³-hybridized carbons (Fsp3) is 0.350. The number of carbonyl (C=O) groups is 1. The molecular formula is C20H24N2O. The summed E-state index contributed by atoms with van der Waals surface area (Å²) in [5.74, 6) is 0.773. The van der Waals surface area contributed by atoms with Gasteiger partial charge in [0.2, 0.25) is 0 Å². The number of nitrogens with two attached hydrogens (primary N) is 1. The van der Waals surface area contributed by atoms with Crippen LogP contribution in [0.25, 0.3) is 0 Å². The monoisotopic (exact) mass is 308 g/mol. The third-order valence-corrected chi connectivity index (χ3v) is 4.64. The Hall–Kier alpha value is -2.13. The Morgan fingerprint density at radius 2 is 1.70 bits per heavy atom. The zero-order valence-electron chi connectivity index (χ0n) is 13.4. The highest BCUT2D eigenvalue weighted by molar-refractivity contribution is 5.94. The van der Waals surface area contributed by atoms with Crippen molar-refractivity contribution in [2.45, 2.75) is 32.4 Å². The van der Waals surface area contributed by atoms with E-state index in [4.69, 9.17) is 5.73 Å².